The van der Waals surface area contributed by atoms with Crippen molar-refractivity contribution in [2.75, 3.05) is 35.0 Å². The van der Waals surface area contributed by atoms with E-state index in [0.717, 1.165) is 0 Å². The summed E-state index contributed by atoms with van der Waals surface area (Å²) in [5.41, 5.74) is 0. The Bertz CT molecular complexity index is 526. The molecule has 9 heteroatoms. The molecule has 0 aromatic carbocycles. The zero-order valence-corrected chi connectivity index (χ0v) is 16.8. The number of esters is 4. The van der Waals surface area contributed by atoms with Crippen LogP contribution in [-0.4, -0.2) is 58.9 Å². The van der Waals surface area contributed by atoms with E-state index in [1.807, 2.05) is 0 Å². The van der Waals surface area contributed by atoms with Crippen LogP contribution in [-0.2, 0) is 38.1 Å². The van der Waals surface area contributed by atoms with Crippen LogP contribution < -0.4 is 0 Å². The van der Waals surface area contributed by atoms with Gasteiger partial charge >= 0.3 is 23.9 Å². The highest BCUT2D eigenvalue weighted by Gasteiger charge is 2.27. The van der Waals surface area contributed by atoms with E-state index in [1.54, 1.807) is 13.8 Å². The van der Waals surface area contributed by atoms with Gasteiger partial charge in [0, 0.05) is 6.42 Å². The summed E-state index contributed by atoms with van der Waals surface area (Å²) < 4.78 is 18.0. The van der Waals surface area contributed by atoms with Gasteiger partial charge in [-0.05, 0) is 12.8 Å². The van der Waals surface area contributed by atoms with Gasteiger partial charge in [0.1, 0.15) is 5.92 Å². The van der Waals surface area contributed by atoms with Crippen LogP contribution in [0.1, 0.15) is 33.1 Å². The van der Waals surface area contributed by atoms with Gasteiger partial charge in [0.2, 0.25) is 6.54 Å². The predicted molar refractivity (Wildman–Crippen MR) is 95.2 cm³/mol. The maximum Gasteiger partial charge on any atom is 0.316 e. The average molecular weight is 387 g/mol. The van der Waals surface area contributed by atoms with Crippen molar-refractivity contribution in [3.05, 3.63) is 11.4 Å². The molecule has 0 aromatic rings. The largest absolute Gasteiger partial charge is 0.469 e. The molecule has 0 amide bonds. The van der Waals surface area contributed by atoms with E-state index in [4.69, 9.17) is 6.57 Å². The van der Waals surface area contributed by atoms with E-state index in [-0.39, 0.29) is 43.2 Å². The molecule has 3 atom stereocenters. The summed E-state index contributed by atoms with van der Waals surface area (Å²) in [4.78, 5) is 47.0. The van der Waals surface area contributed by atoms with Crippen molar-refractivity contribution in [2.45, 2.75) is 33.1 Å². The summed E-state index contributed by atoms with van der Waals surface area (Å²) in [6, 6.07) is 0. The first kappa shape index (κ1) is 26.6. The summed E-state index contributed by atoms with van der Waals surface area (Å²) in [7, 11) is 5.21. The Morgan fingerprint density at radius 1 is 0.815 bits per heavy atom. The minimum atomic E-state index is -0.554. The fourth-order valence-electron chi connectivity index (χ4n) is 2.00. The monoisotopic (exact) mass is 387 g/mol. The van der Waals surface area contributed by atoms with Crippen LogP contribution in [0.3, 0.4) is 0 Å². The molecule has 0 fully saturated rings. The molecule has 0 N–H and O–H groups in total. The molecule has 0 aliphatic rings. The van der Waals surface area contributed by atoms with Crippen molar-refractivity contribution >= 4 is 23.9 Å². The quantitative estimate of drug-likeness (QED) is 0.334. The number of methoxy groups -OCH3 is 4. The number of hydrogen-bond donors (Lipinski definition) is 0. The number of rotatable bonds is 9. The summed E-state index contributed by atoms with van der Waals surface area (Å²) in [6.07, 6.45) is 1.01. The minimum Gasteiger partial charge on any atom is -0.469 e. The molecular weight excluding hydrogens is 358 g/mol. The van der Waals surface area contributed by atoms with Gasteiger partial charge in [-0.3, -0.25) is 19.2 Å². The smallest absolute Gasteiger partial charge is 0.316 e. The van der Waals surface area contributed by atoms with Crippen LogP contribution in [0.15, 0.2) is 0 Å². The molecular formula is C18H29NO8. The van der Waals surface area contributed by atoms with E-state index >= 15 is 0 Å². The molecule has 9 nitrogen and oxygen atoms in total. The molecule has 0 rings (SSSR count). The van der Waals surface area contributed by atoms with Gasteiger partial charge in [-0.15, -0.1) is 0 Å². The fourth-order valence-corrected chi connectivity index (χ4v) is 2.00. The third-order valence-corrected chi connectivity index (χ3v) is 3.70. The van der Waals surface area contributed by atoms with Crippen molar-refractivity contribution in [1.82, 2.24) is 0 Å². The second-order valence-electron chi connectivity index (χ2n) is 5.76. The van der Waals surface area contributed by atoms with Crippen LogP contribution in [0.5, 0.6) is 0 Å². The molecule has 0 bridgehead atoms. The van der Waals surface area contributed by atoms with Crippen LogP contribution in [0, 0.1) is 24.3 Å². The van der Waals surface area contributed by atoms with Gasteiger partial charge in [-0.1, -0.05) is 13.8 Å². The molecule has 0 aliphatic heterocycles. The van der Waals surface area contributed by atoms with Gasteiger partial charge in [0.15, 0.2) is 0 Å². The molecule has 0 aliphatic carbocycles. The number of hydrogen-bond acceptors (Lipinski definition) is 8. The molecule has 0 saturated carbocycles. The van der Waals surface area contributed by atoms with Gasteiger partial charge in [0.05, 0.1) is 40.3 Å². The Balaban J connectivity index is 0. The lowest BCUT2D eigenvalue weighted by Gasteiger charge is -2.13. The molecule has 0 saturated heterocycles. The van der Waals surface area contributed by atoms with Crippen molar-refractivity contribution in [3.8, 4) is 0 Å². The molecule has 0 unspecified atom stereocenters. The number of ether oxygens (including phenoxy) is 4. The zero-order valence-electron chi connectivity index (χ0n) is 16.8. The first-order valence-electron chi connectivity index (χ1n) is 8.31. The first-order valence-corrected chi connectivity index (χ1v) is 8.31. The molecule has 0 heterocycles. The van der Waals surface area contributed by atoms with Crippen LogP contribution in [0.4, 0.5) is 0 Å². The molecule has 0 radical (unpaired) electrons. The predicted octanol–water partition coefficient (Wildman–Crippen LogP) is 1.64. The van der Waals surface area contributed by atoms with Gasteiger partial charge in [-0.25, -0.2) is 6.57 Å². The third kappa shape index (κ3) is 12.4. The normalized spacial score (nSPS) is 12.8. The Morgan fingerprint density at radius 2 is 1.30 bits per heavy atom. The third-order valence-electron chi connectivity index (χ3n) is 3.70. The number of carbonyl (C=O) groups excluding carboxylic acids is 4. The van der Waals surface area contributed by atoms with Crippen molar-refractivity contribution < 1.29 is 38.1 Å². The second kappa shape index (κ2) is 15.6. The summed E-state index contributed by atoms with van der Waals surface area (Å²) in [6.45, 7) is 10.1. The lowest BCUT2D eigenvalue weighted by molar-refractivity contribution is -0.149. The van der Waals surface area contributed by atoms with Gasteiger partial charge in [0.25, 0.3) is 0 Å². The van der Waals surface area contributed by atoms with Gasteiger partial charge in [-0.2, -0.15) is 0 Å². The lowest BCUT2D eigenvalue weighted by Crippen LogP contribution is -2.24. The molecule has 0 aromatic heterocycles. The molecule has 27 heavy (non-hydrogen) atoms. The van der Waals surface area contributed by atoms with Crippen molar-refractivity contribution in [3.63, 3.8) is 0 Å². The fraction of sp³-hybridized carbons (Fsp3) is 0.722. The number of carbonyl (C=O) groups is 4. The highest BCUT2D eigenvalue weighted by atomic mass is 16.5. The maximum absolute atomic E-state index is 11.2. The Hall–Kier alpha value is -2.63. The zero-order chi connectivity index (χ0) is 21.4. The van der Waals surface area contributed by atoms with E-state index in [1.165, 1.54) is 28.4 Å². The van der Waals surface area contributed by atoms with Gasteiger partial charge < -0.3 is 23.8 Å². The van der Waals surface area contributed by atoms with E-state index in [0.29, 0.717) is 6.42 Å². The summed E-state index contributed by atoms with van der Waals surface area (Å²) in [5.74, 6) is -2.63. The topological polar surface area (TPSA) is 110 Å². The Morgan fingerprint density at radius 3 is 1.70 bits per heavy atom. The van der Waals surface area contributed by atoms with Crippen LogP contribution >= 0.6 is 0 Å². The summed E-state index contributed by atoms with van der Waals surface area (Å²) >= 11 is 0. The van der Waals surface area contributed by atoms with Crippen LogP contribution in [0.25, 0.3) is 4.85 Å². The highest BCUT2D eigenvalue weighted by molar-refractivity contribution is 5.76. The van der Waals surface area contributed by atoms with Crippen molar-refractivity contribution in [1.29, 1.82) is 0 Å². The molecule has 154 valence electrons. The lowest BCUT2D eigenvalue weighted by atomic mass is 9.96. The first-order chi connectivity index (χ1) is 12.7. The number of nitrogens with zero attached hydrogens (tertiary/aromatic N) is 1. The minimum absolute atomic E-state index is 0.0357. The average Bonchev–Trinajstić information content (AvgIpc) is 2.69. The second-order valence-corrected chi connectivity index (χ2v) is 5.76. The van der Waals surface area contributed by atoms with Crippen LogP contribution in [0.2, 0.25) is 0 Å². The Kier molecular flexibility index (Phi) is 15.4. The maximum atomic E-state index is 11.2. The van der Waals surface area contributed by atoms with E-state index in [2.05, 4.69) is 23.8 Å². The SMILES string of the molecule is COC(=O)CC[C@H](C)C(=O)OC.[C-]#[N+]C[C@@H](C[C@H](C)C(=O)OC)C(=O)OC. The molecule has 0 spiro atoms. The summed E-state index contributed by atoms with van der Waals surface area (Å²) in [5, 5.41) is 0. The Labute approximate surface area is 160 Å². The van der Waals surface area contributed by atoms with E-state index < -0.39 is 17.8 Å². The van der Waals surface area contributed by atoms with E-state index in [9.17, 15) is 19.2 Å². The highest BCUT2D eigenvalue weighted by Crippen LogP contribution is 2.15. The standard InChI is InChI=1S/C10H15NO4.C8H14O4/c1-7(9(12)14-3)5-8(6-11-2)10(13)15-4;1-6(8(10)12-3)4-5-7(9)11-2/h7-8H,5-6H2,1,3-4H3;6H,4-5H2,1-3H3/t7-,8+;6-/m00/s1. The van der Waals surface area contributed by atoms with Crippen molar-refractivity contribution in [2.24, 2.45) is 17.8 Å².